The van der Waals surface area contributed by atoms with Gasteiger partial charge in [-0.15, -0.1) is 0 Å². The van der Waals surface area contributed by atoms with E-state index in [9.17, 15) is 0 Å². The lowest BCUT2D eigenvalue weighted by Crippen LogP contribution is -2.35. The molecule has 0 amide bonds. The van der Waals surface area contributed by atoms with Crippen LogP contribution in [-0.4, -0.2) is 63.7 Å². The zero-order valence-corrected chi connectivity index (χ0v) is 21.1. The summed E-state index contributed by atoms with van der Waals surface area (Å²) in [7, 11) is 2.15. The molecule has 1 saturated heterocycles. The average Bonchev–Trinajstić information content (AvgIpc) is 3.02. The van der Waals surface area contributed by atoms with Crippen LogP contribution in [0.25, 0.3) is 16.6 Å². The first kappa shape index (κ1) is 23.6. The predicted molar refractivity (Wildman–Crippen MR) is 139 cm³/mol. The van der Waals surface area contributed by atoms with Crippen LogP contribution >= 0.6 is 0 Å². The number of piperidine rings is 1. The molecular formula is C27H35N7O. The van der Waals surface area contributed by atoms with Gasteiger partial charge in [0.1, 0.15) is 6.10 Å². The van der Waals surface area contributed by atoms with Crippen molar-refractivity contribution in [3.8, 4) is 5.88 Å². The zero-order chi connectivity index (χ0) is 24.4. The van der Waals surface area contributed by atoms with E-state index in [1.54, 1.807) is 6.20 Å². The minimum absolute atomic E-state index is 0.195. The van der Waals surface area contributed by atoms with E-state index in [0.29, 0.717) is 24.3 Å². The van der Waals surface area contributed by atoms with Crippen LogP contribution < -0.4 is 15.4 Å². The number of aromatic nitrogens is 4. The highest BCUT2D eigenvalue weighted by Gasteiger charge is 2.21. The molecular weight excluding hydrogens is 438 g/mol. The third-order valence-electron chi connectivity index (χ3n) is 6.62. The molecule has 0 spiro atoms. The van der Waals surface area contributed by atoms with Crippen molar-refractivity contribution < 1.29 is 4.74 Å². The summed E-state index contributed by atoms with van der Waals surface area (Å²) in [5.41, 5.74) is 5.91. The number of benzene rings is 1. The SMILES string of the molecule is CC(C)CNc1ncc2c(n1)CN[C@H](C)C=C2c1ccc2ncc(OC3CCN(C)CC3)nc2c1. The van der Waals surface area contributed by atoms with Gasteiger partial charge in [-0.2, -0.15) is 0 Å². The van der Waals surface area contributed by atoms with E-state index in [0.717, 1.165) is 65.9 Å². The molecule has 1 atom stereocenters. The Morgan fingerprint density at radius 3 is 2.74 bits per heavy atom. The van der Waals surface area contributed by atoms with Crippen molar-refractivity contribution in [2.75, 3.05) is 32.0 Å². The number of nitrogens with zero attached hydrogens (tertiary/aromatic N) is 5. The second kappa shape index (κ2) is 10.3. The van der Waals surface area contributed by atoms with Crippen molar-refractivity contribution >= 4 is 22.6 Å². The Kier molecular flexibility index (Phi) is 6.92. The largest absolute Gasteiger partial charge is 0.473 e. The fourth-order valence-electron chi connectivity index (χ4n) is 4.56. The van der Waals surface area contributed by atoms with Crippen LogP contribution in [0.4, 0.5) is 5.95 Å². The molecule has 0 saturated carbocycles. The van der Waals surface area contributed by atoms with Crippen LogP contribution in [0.2, 0.25) is 0 Å². The summed E-state index contributed by atoms with van der Waals surface area (Å²) in [5.74, 6) is 1.80. The summed E-state index contributed by atoms with van der Waals surface area (Å²) in [6, 6.07) is 6.43. The molecule has 2 aliphatic rings. The number of hydrogen-bond donors (Lipinski definition) is 2. The highest BCUT2D eigenvalue weighted by molar-refractivity contribution is 5.87. The van der Waals surface area contributed by atoms with Gasteiger partial charge in [-0.3, -0.25) is 0 Å². The lowest BCUT2D eigenvalue weighted by Gasteiger charge is -2.28. The fraction of sp³-hybridized carbons (Fsp3) is 0.481. The highest BCUT2D eigenvalue weighted by Crippen LogP contribution is 2.30. The predicted octanol–water partition coefficient (Wildman–Crippen LogP) is 3.88. The van der Waals surface area contributed by atoms with E-state index >= 15 is 0 Å². The summed E-state index contributed by atoms with van der Waals surface area (Å²) < 4.78 is 6.19. The van der Waals surface area contributed by atoms with Crippen LogP contribution in [0, 0.1) is 5.92 Å². The Morgan fingerprint density at radius 1 is 1.11 bits per heavy atom. The average molecular weight is 474 g/mol. The maximum atomic E-state index is 6.19. The quantitative estimate of drug-likeness (QED) is 0.558. The minimum atomic E-state index is 0.195. The summed E-state index contributed by atoms with van der Waals surface area (Å²) in [6.07, 6.45) is 8.14. The van der Waals surface area contributed by atoms with Gasteiger partial charge in [0.25, 0.3) is 0 Å². The topological polar surface area (TPSA) is 88.1 Å². The normalized spacial score (nSPS) is 19.3. The first-order valence-electron chi connectivity index (χ1n) is 12.6. The molecule has 3 aromatic rings. The second-order valence-corrected chi connectivity index (χ2v) is 10.1. The van der Waals surface area contributed by atoms with Crippen molar-refractivity contribution in [3.05, 3.63) is 53.5 Å². The number of anilines is 1. The highest BCUT2D eigenvalue weighted by atomic mass is 16.5. The maximum Gasteiger partial charge on any atom is 0.233 e. The summed E-state index contributed by atoms with van der Waals surface area (Å²) in [6.45, 7) is 10.1. The third kappa shape index (κ3) is 5.60. The number of ether oxygens (including phenoxy) is 1. The van der Waals surface area contributed by atoms with Gasteiger partial charge in [-0.1, -0.05) is 26.0 Å². The number of hydrogen-bond acceptors (Lipinski definition) is 8. The maximum absolute atomic E-state index is 6.19. The first-order chi connectivity index (χ1) is 16.9. The Hall–Kier alpha value is -3.10. The lowest BCUT2D eigenvalue weighted by molar-refractivity contribution is 0.110. The Labute approximate surface area is 207 Å². The van der Waals surface area contributed by atoms with Gasteiger partial charge in [0.2, 0.25) is 11.8 Å². The van der Waals surface area contributed by atoms with Crippen LogP contribution in [-0.2, 0) is 6.54 Å². The van der Waals surface area contributed by atoms with Crippen LogP contribution in [0.5, 0.6) is 5.88 Å². The smallest absolute Gasteiger partial charge is 0.233 e. The standard InChI is InChI=1S/C27H35N7O/c1-17(2)13-30-27-31-14-22-21(11-18(3)28-15-25(22)33-27)19-5-6-23-24(12-19)32-26(16-29-23)35-20-7-9-34(4)10-8-20/h5-6,11-12,14,16-18,20,28H,7-10,13,15H2,1-4H3,(H,30,31,33)/t18-/m1/s1. The van der Waals surface area contributed by atoms with Crippen molar-refractivity contribution in [2.24, 2.45) is 5.92 Å². The number of fused-ring (bicyclic) bond motifs is 2. The first-order valence-corrected chi connectivity index (χ1v) is 12.6. The molecule has 0 unspecified atom stereocenters. The molecule has 1 aromatic carbocycles. The summed E-state index contributed by atoms with van der Waals surface area (Å²) in [4.78, 5) is 21.2. The molecule has 1 fully saturated rings. The van der Waals surface area contributed by atoms with Gasteiger partial charge in [-0.25, -0.2) is 19.9 Å². The molecule has 8 heteroatoms. The van der Waals surface area contributed by atoms with Crippen LogP contribution in [0.1, 0.15) is 50.4 Å². The second-order valence-electron chi connectivity index (χ2n) is 10.1. The van der Waals surface area contributed by atoms with Gasteiger partial charge in [0.05, 0.1) is 22.9 Å². The lowest BCUT2D eigenvalue weighted by atomic mass is 9.96. The van der Waals surface area contributed by atoms with Gasteiger partial charge in [0.15, 0.2) is 0 Å². The summed E-state index contributed by atoms with van der Waals surface area (Å²) in [5, 5.41) is 6.88. The monoisotopic (exact) mass is 473 g/mol. The van der Waals surface area contributed by atoms with E-state index in [2.05, 4.69) is 71.5 Å². The molecule has 2 aromatic heterocycles. The Morgan fingerprint density at radius 2 is 1.94 bits per heavy atom. The molecule has 0 bridgehead atoms. The Bertz CT molecular complexity index is 1220. The molecule has 35 heavy (non-hydrogen) atoms. The van der Waals surface area contributed by atoms with E-state index in [1.165, 1.54) is 0 Å². The number of rotatable bonds is 6. The van der Waals surface area contributed by atoms with E-state index < -0.39 is 0 Å². The van der Waals surface area contributed by atoms with E-state index in [-0.39, 0.29) is 12.1 Å². The van der Waals surface area contributed by atoms with Crippen molar-refractivity contribution in [3.63, 3.8) is 0 Å². The van der Waals surface area contributed by atoms with Crippen molar-refractivity contribution in [2.45, 2.75) is 52.3 Å². The minimum Gasteiger partial charge on any atom is -0.473 e. The molecule has 4 heterocycles. The molecule has 5 rings (SSSR count). The van der Waals surface area contributed by atoms with Gasteiger partial charge >= 0.3 is 0 Å². The van der Waals surface area contributed by atoms with Crippen LogP contribution in [0.3, 0.4) is 0 Å². The number of nitrogens with one attached hydrogen (secondary N) is 2. The van der Waals surface area contributed by atoms with Gasteiger partial charge in [0, 0.05) is 44.0 Å². The van der Waals surface area contributed by atoms with Gasteiger partial charge < -0.3 is 20.3 Å². The fourth-order valence-corrected chi connectivity index (χ4v) is 4.56. The van der Waals surface area contributed by atoms with Crippen molar-refractivity contribution in [1.29, 1.82) is 0 Å². The van der Waals surface area contributed by atoms with Crippen LogP contribution in [0.15, 0.2) is 36.7 Å². The molecule has 2 aliphatic heterocycles. The number of likely N-dealkylation sites (tertiary alicyclic amines) is 1. The molecule has 184 valence electrons. The molecule has 8 nitrogen and oxygen atoms in total. The Balaban J connectivity index is 1.44. The third-order valence-corrected chi connectivity index (χ3v) is 6.62. The summed E-state index contributed by atoms with van der Waals surface area (Å²) >= 11 is 0. The van der Waals surface area contributed by atoms with E-state index in [1.807, 2.05) is 12.3 Å². The van der Waals surface area contributed by atoms with Crippen molar-refractivity contribution in [1.82, 2.24) is 30.2 Å². The van der Waals surface area contributed by atoms with Gasteiger partial charge in [-0.05, 0) is 56.0 Å². The molecule has 2 N–H and O–H groups in total. The molecule has 0 aliphatic carbocycles. The zero-order valence-electron chi connectivity index (χ0n) is 21.1. The van der Waals surface area contributed by atoms with E-state index in [4.69, 9.17) is 14.7 Å². The molecule has 0 radical (unpaired) electrons.